The van der Waals surface area contributed by atoms with Gasteiger partial charge in [-0.3, -0.25) is 0 Å². The molecule has 3 aromatic rings. The molecule has 210 valence electrons. The molecular formula is C33H38N2O5. The van der Waals surface area contributed by atoms with Gasteiger partial charge in [0.1, 0.15) is 6.61 Å². The summed E-state index contributed by atoms with van der Waals surface area (Å²) in [7, 11) is 2.06. The molecule has 7 heteroatoms. The molecule has 0 radical (unpaired) electrons. The molecule has 4 rings (SSSR count). The van der Waals surface area contributed by atoms with Gasteiger partial charge in [-0.15, -0.1) is 6.58 Å². The van der Waals surface area contributed by atoms with Gasteiger partial charge < -0.3 is 29.5 Å². The Hall–Kier alpha value is -3.75. The second kappa shape index (κ2) is 14.6. The van der Waals surface area contributed by atoms with Crippen LogP contribution in [0.4, 0.5) is 4.79 Å². The molecule has 1 saturated heterocycles. The Bertz CT molecular complexity index is 1260. The first-order valence-electron chi connectivity index (χ1n) is 13.5. The summed E-state index contributed by atoms with van der Waals surface area (Å²) in [6, 6.07) is 24.0. The lowest BCUT2D eigenvalue weighted by atomic mass is 9.97. The third-order valence-electron chi connectivity index (χ3n) is 6.84. The number of amides is 1. The van der Waals surface area contributed by atoms with E-state index in [2.05, 4.69) is 42.6 Å². The van der Waals surface area contributed by atoms with Crippen molar-refractivity contribution >= 4 is 6.09 Å². The van der Waals surface area contributed by atoms with E-state index in [4.69, 9.17) is 14.2 Å². The topological polar surface area (TPSA) is 80.3 Å². The normalized spacial score (nSPS) is 18.7. The molecule has 3 aromatic carbocycles. The lowest BCUT2D eigenvalue weighted by Gasteiger charge is -2.37. The summed E-state index contributed by atoms with van der Waals surface area (Å²) in [5.74, 6) is 0. The number of aliphatic hydroxyl groups is 1. The van der Waals surface area contributed by atoms with Gasteiger partial charge in [-0.1, -0.05) is 91.5 Å². The number of hydrogen-bond donors (Lipinski definition) is 2. The smallest absolute Gasteiger partial charge is 0.407 e. The summed E-state index contributed by atoms with van der Waals surface area (Å²) in [4.78, 5) is 14.1. The predicted molar refractivity (Wildman–Crippen MR) is 156 cm³/mol. The highest BCUT2D eigenvalue weighted by atomic mass is 16.7. The van der Waals surface area contributed by atoms with Crippen molar-refractivity contribution in [3.63, 3.8) is 0 Å². The lowest BCUT2D eigenvalue weighted by molar-refractivity contribution is -0.252. The average molecular weight is 543 g/mol. The first kappa shape index (κ1) is 29.2. The van der Waals surface area contributed by atoms with Gasteiger partial charge in [-0.25, -0.2) is 4.79 Å². The Kier molecular flexibility index (Phi) is 10.7. The third-order valence-corrected chi connectivity index (χ3v) is 6.84. The van der Waals surface area contributed by atoms with Crippen molar-refractivity contribution in [3.05, 3.63) is 120 Å². The number of aliphatic hydroxyl groups excluding tert-OH is 1. The van der Waals surface area contributed by atoms with Crippen molar-refractivity contribution < 1.29 is 24.1 Å². The van der Waals surface area contributed by atoms with Gasteiger partial charge in [0.15, 0.2) is 6.29 Å². The van der Waals surface area contributed by atoms with Crippen LogP contribution in [-0.4, -0.2) is 48.9 Å². The molecule has 3 atom stereocenters. The van der Waals surface area contributed by atoms with Crippen molar-refractivity contribution in [2.45, 2.75) is 38.1 Å². The van der Waals surface area contributed by atoms with Crippen LogP contribution in [0.5, 0.6) is 0 Å². The molecule has 0 aromatic heterocycles. The summed E-state index contributed by atoms with van der Waals surface area (Å²) in [5.41, 5.74) is 5.89. The highest BCUT2D eigenvalue weighted by Crippen LogP contribution is 2.38. The molecule has 7 nitrogen and oxygen atoms in total. The minimum atomic E-state index is -0.524. The molecule has 1 fully saturated rings. The number of carbonyl (C=O) groups excluding carboxylic acids is 1. The van der Waals surface area contributed by atoms with E-state index >= 15 is 0 Å². The Balaban J connectivity index is 1.52. The zero-order valence-corrected chi connectivity index (χ0v) is 23.0. The van der Waals surface area contributed by atoms with Crippen LogP contribution in [0, 0.1) is 0 Å². The monoisotopic (exact) mass is 542 g/mol. The zero-order valence-electron chi connectivity index (χ0n) is 23.0. The maximum absolute atomic E-state index is 11.9. The second-order valence-electron chi connectivity index (χ2n) is 9.88. The summed E-state index contributed by atoms with van der Waals surface area (Å²) >= 11 is 0. The number of nitrogens with zero attached hydrogens (tertiary/aromatic N) is 1. The quantitative estimate of drug-likeness (QED) is 0.277. The van der Waals surface area contributed by atoms with Gasteiger partial charge in [0.25, 0.3) is 0 Å². The lowest BCUT2D eigenvalue weighted by Crippen LogP contribution is -2.37. The van der Waals surface area contributed by atoms with Crippen LogP contribution in [0.15, 0.2) is 98.1 Å². The van der Waals surface area contributed by atoms with Crippen molar-refractivity contribution in [1.82, 2.24) is 10.2 Å². The summed E-state index contributed by atoms with van der Waals surface area (Å²) < 4.78 is 17.9. The molecule has 0 unspecified atom stereocenters. The van der Waals surface area contributed by atoms with Crippen LogP contribution in [0.3, 0.4) is 0 Å². The van der Waals surface area contributed by atoms with Crippen LogP contribution in [0.25, 0.3) is 11.1 Å². The Labute approximate surface area is 236 Å². The SMILES string of the molecule is C=CCOC(=O)NCc1ccccc1-c1ccc([C@H]2O[C@@H](CN(C)CC=C)C[C@@H](c3ccc(CO)cc3)O2)cc1. The number of benzene rings is 3. The Morgan fingerprint density at radius 1 is 1.02 bits per heavy atom. The minimum Gasteiger partial charge on any atom is -0.445 e. The predicted octanol–water partition coefficient (Wildman–Crippen LogP) is 5.92. The fraction of sp³-hybridized carbons (Fsp3) is 0.303. The van der Waals surface area contributed by atoms with E-state index in [1.54, 1.807) is 0 Å². The standard InChI is InChI=1S/C33H38N2O5/c1-4-18-35(3)22-29-20-31(26-12-10-24(23-36)11-13-26)40-32(39-29)27-16-14-25(15-17-27)30-9-7-6-8-28(30)21-34-33(37)38-19-5-2/h4-17,29,31-32,36H,1-2,18-23H2,3H3,(H,34,37)/t29-,31+,32+/m1/s1. The van der Waals surface area contributed by atoms with Gasteiger partial charge in [0.05, 0.1) is 18.8 Å². The largest absolute Gasteiger partial charge is 0.445 e. The molecule has 1 aliphatic heterocycles. The van der Waals surface area contributed by atoms with E-state index in [9.17, 15) is 9.90 Å². The van der Waals surface area contributed by atoms with Crippen molar-refractivity contribution in [1.29, 1.82) is 0 Å². The summed E-state index contributed by atoms with van der Waals surface area (Å²) in [6.45, 7) is 9.46. The average Bonchev–Trinajstić information content (AvgIpc) is 2.99. The van der Waals surface area contributed by atoms with E-state index < -0.39 is 12.4 Å². The maximum Gasteiger partial charge on any atom is 0.407 e. The minimum absolute atomic E-state index is 0.0114. The molecule has 2 N–H and O–H groups in total. The third kappa shape index (κ3) is 7.90. The van der Waals surface area contributed by atoms with Gasteiger partial charge >= 0.3 is 6.09 Å². The summed E-state index contributed by atoms with van der Waals surface area (Å²) in [6.07, 6.45) is 2.97. The van der Waals surface area contributed by atoms with Crippen LogP contribution in [0.2, 0.25) is 0 Å². The summed E-state index contributed by atoms with van der Waals surface area (Å²) in [5, 5.41) is 12.2. The molecule has 0 spiro atoms. The highest BCUT2D eigenvalue weighted by Gasteiger charge is 2.32. The molecule has 0 bridgehead atoms. The first-order chi connectivity index (χ1) is 19.5. The van der Waals surface area contributed by atoms with E-state index in [-0.39, 0.29) is 25.4 Å². The second-order valence-corrected chi connectivity index (χ2v) is 9.88. The van der Waals surface area contributed by atoms with E-state index in [0.717, 1.165) is 52.9 Å². The fourth-order valence-corrected chi connectivity index (χ4v) is 4.80. The Morgan fingerprint density at radius 2 is 1.75 bits per heavy atom. The van der Waals surface area contributed by atoms with Gasteiger partial charge in [-0.2, -0.15) is 0 Å². The van der Waals surface area contributed by atoms with Crippen LogP contribution < -0.4 is 5.32 Å². The van der Waals surface area contributed by atoms with Crippen molar-refractivity contribution in [2.24, 2.45) is 0 Å². The number of alkyl carbamates (subject to hydrolysis) is 1. The van der Waals surface area contributed by atoms with Crippen LogP contribution in [0.1, 0.15) is 41.1 Å². The number of hydrogen-bond acceptors (Lipinski definition) is 6. The number of carbonyl (C=O) groups is 1. The molecular weight excluding hydrogens is 504 g/mol. The van der Waals surface area contributed by atoms with E-state index in [0.29, 0.717) is 6.54 Å². The van der Waals surface area contributed by atoms with Crippen molar-refractivity contribution in [2.75, 3.05) is 26.7 Å². The fourth-order valence-electron chi connectivity index (χ4n) is 4.80. The highest BCUT2D eigenvalue weighted by molar-refractivity contribution is 5.70. The van der Waals surface area contributed by atoms with Gasteiger partial charge in [0, 0.05) is 31.6 Å². The van der Waals surface area contributed by atoms with Gasteiger partial charge in [0.2, 0.25) is 0 Å². The van der Waals surface area contributed by atoms with E-state index in [1.807, 2.05) is 66.7 Å². The van der Waals surface area contributed by atoms with Gasteiger partial charge in [-0.05, 0) is 34.9 Å². The molecule has 0 saturated carbocycles. The number of nitrogens with one attached hydrogen (secondary N) is 1. The molecule has 0 aliphatic carbocycles. The number of rotatable bonds is 12. The van der Waals surface area contributed by atoms with E-state index in [1.165, 1.54) is 6.08 Å². The molecule has 1 aliphatic rings. The molecule has 1 amide bonds. The first-order valence-corrected chi connectivity index (χ1v) is 13.5. The maximum atomic E-state index is 11.9. The molecule has 40 heavy (non-hydrogen) atoms. The number of likely N-dealkylation sites (N-methyl/N-ethyl adjacent to an activating group) is 1. The number of ether oxygens (including phenoxy) is 3. The van der Waals surface area contributed by atoms with Crippen molar-refractivity contribution in [3.8, 4) is 11.1 Å². The Morgan fingerprint density at radius 3 is 2.45 bits per heavy atom. The van der Waals surface area contributed by atoms with Crippen LogP contribution >= 0.6 is 0 Å². The van der Waals surface area contributed by atoms with Crippen LogP contribution in [-0.2, 0) is 27.4 Å². The zero-order chi connectivity index (χ0) is 28.3. The molecule has 1 heterocycles.